The number of hydrogen-bond acceptors (Lipinski definition) is 3. The normalized spacial score (nSPS) is 16.6. The smallest absolute Gasteiger partial charge is 0.251 e. The summed E-state index contributed by atoms with van der Waals surface area (Å²) in [6, 6.07) is 4.73. The number of rotatable bonds is 4. The number of hydrogen-bond donors (Lipinski definition) is 3. The number of nitrogens with one attached hydrogen (secondary N) is 1. The number of nitrogen functional groups attached to an aromatic ring is 1. The zero-order valence-corrected chi connectivity index (χ0v) is 10.1. The first-order chi connectivity index (χ1) is 8.08. The Kier molecular flexibility index (Phi) is 3.54. The van der Waals surface area contributed by atoms with E-state index in [9.17, 15) is 9.90 Å². The third kappa shape index (κ3) is 3.11. The minimum Gasteiger partial charge on any atom is -0.398 e. The highest BCUT2D eigenvalue weighted by Crippen LogP contribution is 2.32. The number of anilines is 1. The molecular formula is C12H15ClN2O2. The molecule has 1 fully saturated rings. The average molecular weight is 255 g/mol. The molecule has 2 rings (SSSR count). The molecule has 1 amide bonds. The maximum atomic E-state index is 11.7. The molecule has 1 aromatic carbocycles. The molecule has 1 aliphatic rings. The Morgan fingerprint density at radius 1 is 1.59 bits per heavy atom. The summed E-state index contributed by atoms with van der Waals surface area (Å²) in [5.74, 6) is 0.108. The van der Waals surface area contributed by atoms with Gasteiger partial charge in [0.2, 0.25) is 0 Å². The summed E-state index contributed by atoms with van der Waals surface area (Å²) in [4.78, 5) is 11.7. The molecule has 0 saturated heterocycles. The fraction of sp³-hybridized carbons (Fsp3) is 0.417. The average Bonchev–Trinajstić information content (AvgIpc) is 3.13. The third-order valence-corrected chi connectivity index (χ3v) is 3.23. The lowest BCUT2D eigenvalue weighted by Crippen LogP contribution is -2.33. The van der Waals surface area contributed by atoms with Crippen LogP contribution >= 0.6 is 11.6 Å². The van der Waals surface area contributed by atoms with E-state index in [4.69, 9.17) is 17.3 Å². The van der Waals surface area contributed by atoms with Crippen molar-refractivity contribution >= 4 is 23.2 Å². The quantitative estimate of drug-likeness (QED) is 0.712. The van der Waals surface area contributed by atoms with Crippen LogP contribution in [0.5, 0.6) is 0 Å². The fourth-order valence-electron chi connectivity index (χ4n) is 1.62. The van der Waals surface area contributed by atoms with Crippen molar-refractivity contribution < 1.29 is 9.90 Å². The lowest BCUT2D eigenvalue weighted by Gasteiger charge is -2.11. The first kappa shape index (κ1) is 12.2. The van der Waals surface area contributed by atoms with E-state index in [1.54, 1.807) is 12.1 Å². The van der Waals surface area contributed by atoms with Gasteiger partial charge < -0.3 is 16.2 Å². The number of amides is 1. The van der Waals surface area contributed by atoms with Crippen LogP contribution in [0.2, 0.25) is 5.02 Å². The highest BCUT2D eigenvalue weighted by Gasteiger charge is 2.29. The molecule has 4 nitrogen and oxygen atoms in total. The van der Waals surface area contributed by atoms with E-state index in [1.165, 1.54) is 6.07 Å². The first-order valence-electron chi connectivity index (χ1n) is 5.59. The summed E-state index contributed by atoms with van der Waals surface area (Å²) >= 11 is 5.83. The van der Waals surface area contributed by atoms with Crippen LogP contribution in [0.3, 0.4) is 0 Å². The van der Waals surface area contributed by atoms with Crippen LogP contribution in [0.25, 0.3) is 0 Å². The molecule has 1 saturated carbocycles. The summed E-state index contributed by atoms with van der Waals surface area (Å²) in [7, 11) is 0. The maximum absolute atomic E-state index is 11.7. The molecule has 1 aromatic rings. The second-order valence-electron chi connectivity index (χ2n) is 4.35. The minimum absolute atomic E-state index is 0.244. The second kappa shape index (κ2) is 4.94. The van der Waals surface area contributed by atoms with Crippen molar-refractivity contribution in [2.45, 2.75) is 18.9 Å². The van der Waals surface area contributed by atoms with Gasteiger partial charge in [-0.2, -0.15) is 0 Å². The van der Waals surface area contributed by atoms with Crippen LogP contribution in [0.15, 0.2) is 18.2 Å². The molecular weight excluding hydrogens is 240 g/mol. The van der Waals surface area contributed by atoms with Crippen molar-refractivity contribution in [3.8, 4) is 0 Å². The van der Waals surface area contributed by atoms with Gasteiger partial charge in [-0.3, -0.25) is 4.79 Å². The summed E-state index contributed by atoms with van der Waals surface area (Å²) in [5, 5.41) is 12.7. The summed E-state index contributed by atoms with van der Waals surface area (Å²) in [6.45, 7) is 0.283. The van der Waals surface area contributed by atoms with Gasteiger partial charge in [0.05, 0.1) is 16.8 Å². The van der Waals surface area contributed by atoms with Gasteiger partial charge in [-0.05, 0) is 37.0 Å². The Balaban J connectivity index is 1.92. The number of aliphatic hydroxyl groups excluding tert-OH is 1. The topological polar surface area (TPSA) is 75.4 Å². The van der Waals surface area contributed by atoms with E-state index in [-0.39, 0.29) is 12.5 Å². The van der Waals surface area contributed by atoms with E-state index in [0.29, 0.717) is 22.2 Å². The lowest BCUT2D eigenvalue weighted by atomic mass is 10.2. The number of benzene rings is 1. The van der Waals surface area contributed by atoms with Crippen LogP contribution < -0.4 is 11.1 Å². The SMILES string of the molecule is Nc1ccc(C(=O)NCC(O)C2CC2)cc1Cl. The molecule has 1 unspecified atom stereocenters. The van der Waals surface area contributed by atoms with E-state index >= 15 is 0 Å². The standard InChI is InChI=1S/C12H15ClN2O2/c13-9-5-8(3-4-10(9)14)12(17)15-6-11(16)7-1-2-7/h3-5,7,11,16H,1-2,6,14H2,(H,15,17). The number of nitrogens with two attached hydrogens (primary N) is 1. The largest absolute Gasteiger partial charge is 0.398 e. The first-order valence-corrected chi connectivity index (χ1v) is 5.97. The second-order valence-corrected chi connectivity index (χ2v) is 4.76. The van der Waals surface area contributed by atoms with Gasteiger partial charge in [-0.1, -0.05) is 11.6 Å². The van der Waals surface area contributed by atoms with Gasteiger partial charge >= 0.3 is 0 Å². The van der Waals surface area contributed by atoms with Crippen molar-refractivity contribution in [1.82, 2.24) is 5.32 Å². The predicted molar refractivity (Wildman–Crippen MR) is 66.9 cm³/mol. The van der Waals surface area contributed by atoms with E-state index in [2.05, 4.69) is 5.32 Å². The minimum atomic E-state index is -0.441. The molecule has 0 radical (unpaired) electrons. The molecule has 4 N–H and O–H groups in total. The molecule has 17 heavy (non-hydrogen) atoms. The fourth-order valence-corrected chi connectivity index (χ4v) is 1.80. The number of carbonyl (C=O) groups is 1. The zero-order valence-electron chi connectivity index (χ0n) is 9.32. The molecule has 0 aromatic heterocycles. The van der Waals surface area contributed by atoms with Crippen molar-refractivity contribution in [2.24, 2.45) is 5.92 Å². The monoisotopic (exact) mass is 254 g/mol. The van der Waals surface area contributed by atoms with Crippen molar-refractivity contribution in [2.75, 3.05) is 12.3 Å². The van der Waals surface area contributed by atoms with Crippen LogP contribution in [-0.2, 0) is 0 Å². The van der Waals surface area contributed by atoms with E-state index in [1.807, 2.05) is 0 Å². The Hall–Kier alpha value is -1.26. The molecule has 1 aliphatic carbocycles. The number of halogens is 1. The third-order valence-electron chi connectivity index (χ3n) is 2.90. The van der Waals surface area contributed by atoms with Crippen LogP contribution in [0.1, 0.15) is 23.2 Å². The molecule has 92 valence electrons. The Morgan fingerprint density at radius 2 is 2.29 bits per heavy atom. The van der Waals surface area contributed by atoms with Gasteiger partial charge in [0, 0.05) is 12.1 Å². The molecule has 0 spiro atoms. The lowest BCUT2D eigenvalue weighted by molar-refractivity contribution is 0.0901. The highest BCUT2D eigenvalue weighted by molar-refractivity contribution is 6.33. The van der Waals surface area contributed by atoms with E-state index in [0.717, 1.165) is 12.8 Å². The maximum Gasteiger partial charge on any atom is 0.251 e. The van der Waals surface area contributed by atoms with E-state index < -0.39 is 6.10 Å². The van der Waals surface area contributed by atoms with Crippen LogP contribution in [-0.4, -0.2) is 23.7 Å². The summed E-state index contributed by atoms with van der Waals surface area (Å²) in [5.41, 5.74) is 6.45. The molecule has 0 heterocycles. The van der Waals surface area contributed by atoms with Crippen molar-refractivity contribution in [1.29, 1.82) is 0 Å². The Morgan fingerprint density at radius 3 is 2.88 bits per heavy atom. The van der Waals surface area contributed by atoms with Gasteiger partial charge in [0.1, 0.15) is 0 Å². The van der Waals surface area contributed by atoms with Gasteiger partial charge in [0.15, 0.2) is 0 Å². The van der Waals surface area contributed by atoms with Crippen LogP contribution in [0.4, 0.5) is 5.69 Å². The Labute approximate surface area is 105 Å². The van der Waals surface area contributed by atoms with Crippen molar-refractivity contribution in [3.05, 3.63) is 28.8 Å². The van der Waals surface area contributed by atoms with Crippen molar-refractivity contribution in [3.63, 3.8) is 0 Å². The zero-order chi connectivity index (χ0) is 12.4. The summed E-state index contributed by atoms with van der Waals surface area (Å²) in [6.07, 6.45) is 1.65. The van der Waals surface area contributed by atoms with Gasteiger partial charge in [-0.25, -0.2) is 0 Å². The predicted octanol–water partition coefficient (Wildman–Crippen LogP) is 1.42. The molecule has 1 atom stereocenters. The molecule has 5 heteroatoms. The summed E-state index contributed by atoms with van der Waals surface area (Å²) < 4.78 is 0. The highest BCUT2D eigenvalue weighted by atomic mass is 35.5. The number of carbonyl (C=O) groups excluding carboxylic acids is 1. The Bertz CT molecular complexity index is 433. The molecule has 0 bridgehead atoms. The van der Waals surface area contributed by atoms with Crippen LogP contribution in [0, 0.1) is 5.92 Å². The molecule has 0 aliphatic heterocycles. The van der Waals surface area contributed by atoms with Gasteiger partial charge in [-0.15, -0.1) is 0 Å². The number of aliphatic hydroxyl groups is 1. The van der Waals surface area contributed by atoms with Gasteiger partial charge in [0.25, 0.3) is 5.91 Å².